The van der Waals surface area contributed by atoms with E-state index in [9.17, 15) is 18.4 Å². The lowest BCUT2D eigenvalue weighted by Gasteiger charge is -2.37. The second kappa shape index (κ2) is 6.44. The van der Waals surface area contributed by atoms with Crippen LogP contribution in [0.25, 0.3) is 0 Å². The standard InChI is InChI=1S/C18H16F3N3/c19-18(20,21)15-7-6-14(13-22)17(12-15)24-10-8-23(9-11-24)16-4-2-1-3-5-16/h1-7,12H,8-11H2. The summed E-state index contributed by atoms with van der Waals surface area (Å²) in [6, 6.07) is 15.2. The van der Waals surface area contributed by atoms with Gasteiger partial charge in [-0.1, -0.05) is 18.2 Å². The predicted octanol–water partition coefficient (Wildman–Crippen LogP) is 3.90. The van der Waals surface area contributed by atoms with E-state index in [-0.39, 0.29) is 5.56 Å². The Morgan fingerprint density at radius 1 is 0.875 bits per heavy atom. The molecule has 0 aromatic heterocycles. The minimum atomic E-state index is -4.41. The van der Waals surface area contributed by atoms with Crippen LogP contribution in [0.4, 0.5) is 24.5 Å². The van der Waals surface area contributed by atoms with Crippen LogP contribution in [0.1, 0.15) is 11.1 Å². The van der Waals surface area contributed by atoms with Crippen molar-refractivity contribution < 1.29 is 13.2 Å². The van der Waals surface area contributed by atoms with Crippen LogP contribution >= 0.6 is 0 Å². The van der Waals surface area contributed by atoms with Crippen LogP contribution in [0.3, 0.4) is 0 Å². The van der Waals surface area contributed by atoms with E-state index >= 15 is 0 Å². The predicted molar refractivity (Wildman–Crippen MR) is 87.0 cm³/mol. The lowest BCUT2D eigenvalue weighted by Crippen LogP contribution is -2.46. The summed E-state index contributed by atoms with van der Waals surface area (Å²) in [5, 5.41) is 9.20. The summed E-state index contributed by atoms with van der Waals surface area (Å²) in [5.41, 5.74) is 1.01. The number of nitrogens with zero attached hydrogens (tertiary/aromatic N) is 3. The molecule has 24 heavy (non-hydrogen) atoms. The topological polar surface area (TPSA) is 30.3 Å². The Kier molecular flexibility index (Phi) is 4.34. The molecule has 1 aliphatic heterocycles. The van der Waals surface area contributed by atoms with Crippen LogP contribution in [0.15, 0.2) is 48.5 Å². The van der Waals surface area contributed by atoms with Crippen molar-refractivity contribution in [1.29, 1.82) is 5.26 Å². The van der Waals surface area contributed by atoms with Gasteiger partial charge in [0.05, 0.1) is 16.8 Å². The molecular formula is C18H16F3N3. The molecule has 1 saturated heterocycles. The average Bonchev–Trinajstić information content (AvgIpc) is 2.61. The van der Waals surface area contributed by atoms with Crippen molar-refractivity contribution in [3.8, 4) is 6.07 Å². The molecule has 0 aliphatic carbocycles. The van der Waals surface area contributed by atoms with Gasteiger partial charge in [0.25, 0.3) is 0 Å². The molecule has 0 spiro atoms. The third-order valence-electron chi connectivity index (χ3n) is 4.19. The van der Waals surface area contributed by atoms with Gasteiger partial charge in [-0.05, 0) is 30.3 Å². The fraction of sp³-hybridized carbons (Fsp3) is 0.278. The van der Waals surface area contributed by atoms with Crippen molar-refractivity contribution >= 4 is 11.4 Å². The van der Waals surface area contributed by atoms with E-state index in [1.165, 1.54) is 6.07 Å². The van der Waals surface area contributed by atoms with Gasteiger partial charge in [-0.3, -0.25) is 0 Å². The Morgan fingerprint density at radius 3 is 2.08 bits per heavy atom. The Balaban J connectivity index is 1.80. The monoisotopic (exact) mass is 331 g/mol. The number of hydrogen-bond donors (Lipinski definition) is 0. The number of piperazine rings is 1. The van der Waals surface area contributed by atoms with Gasteiger partial charge in [0, 0.05) is 31.9 Å². The van der Waals surface area contributed by atoms with E-state index in [2.05, 4.69) is 4.90 Å². The fourth-order valence-electron chi connectivity index (χ4n) is 2.91. The normalized spacial score (nSPS) is 15.2. The maximum Gasteiger partial charge on any atom is 0.416 e. The van der Waals surface area contributed by atoms with Gasteiger partial charge in [-0.2, -0.15) is 18.4 Å². The number of para-hydroxylation sites is 1. The minimum absolute atomic E-state index is 0.274. The SMILES string of the molecule is N#Cc1ccc(C(F)(F)F)cc1N1CCN(c2ccccc2)CC1. The second-order valence-corrected chi connectivity index (χ2v) is 5.65. The summed E-state index contributed by atoms with van der Waals surface area (Å²) in [6.45, 7) is 2.55. The molecule has 1 aliphatic rings. The summed E-state index contributed by atoms with van der Waals surface area (Å²) in [7, 11) is 0. The highest BCUT2D eigenvalue weighted by Gasteiger charge is 2.32. The Bertz CT molecular complexity index is 742. The first-order valence-electron chi connectivity index (χ1n) is 7.65. The zero-order valence-electron chi connectivity index (χ0n) is 12.9. The minimum Gasteiger partial charge on any atom is -0.368 e. The third-order valence-corrected chi connectivity index (χ3v) is 4.19. The lowest BCUT2D eigenvalue weighted by molar-refractivity contribution is -0.137. The van der Waals surface area contributed by atoms with E-state index in [0.29, 0.717) is 31.9 Å². The molecule has 0 N–H and O–H groups in total. The summed E-state index contributed by atoms with van der Waals surface area (Å²) in [6.07, 6.45) is -4.41. The molecule has 3 nitrogen and oxygen atoms in total. The fourth-order valence-corrected chi connectivity index (χ4v) is 2.91. The van der Waals surface area contributed by atoms with E-state index in [1.807, 2.05) is 41.3 Å². The van der Waals surface area contributed by atoms with E-state index in [1.54, 1.807) is 0 Å². The Labute approximate surface area is 138 Å². The number of benzene rings is 2. The number of hydrogen-bond acceptors (Lipinski definition) is 3. The van der Waals surface area contributed by atoms with Gasteiger partial charge >= 0.3 is 6.18 Å². The van der Waals surface area contributed by atoms with Crippen LogP contribution in [-0.4, -0.2) is 26.2 Å². The first-order chi connectivity index (χ1) is 11.5. The van der Waals surface area contributed by atoms with Crippen LogP contribution in [0.5, 0.6) is 0 Å². The maximum absolute atomic E-state index is 12.9. The zero-order chi connectivity index (χ0) is 17.2. The Morgan fingerprint density at radius 2 is 1.50 bits per heavy atom. The molecule has 2 aromatic rings. The first kappa shape index (κ1) is 16.2. The molecule has 6 heteroatoms. The molecule has 3 rings (SSSR count). The molecule has 1 fully saturated rings. The number of nitriles is 1. The molecule has 0 amide bonds. The quantitative estimate of drug-likeness (QED) is 0.836. The molecule has 0 saturated carbocycles. The molecule has 0 bridgehead atoms. The zero-order valence-corrected chi connectivity index (χ0v) is 12.9. The van der Waals surface area contributed by atoms with Gasteiger partial charge in [-0.25, -0.2) is 0 Å². The van der Waals surface area contributed by atoms with Crippen LogP contribution < -0.4 is 9.80 Å². The highest BCUT2D eigenvalue weighted by atomic mass is 19.4. The van der Waals surface area contributed by atoms with E-state index < -0.39 is 11.7 Å². The van der Waals surface area contributed by atoms with Gasteiger partial charge in [-0.15, -0.1) is 0 Å². The van der Waals surface area contributed by atoms with Crippen molar-refractivity contribution in [2.75, 3.05) is 36.0 Å². The van der Waals surface area contributed by atoms with Crippen LogP contribution in [-0.2, 0) is 6.18 Å². The van der Waals surface area contributed by atoms with E-state index in [4.69, 9.17) is 0 Å². The first-order valence-corrected chi connectivity index (χ1v) is 7.65. The summed E-state index contributed by atoms with van der Waals surface area (Å²) in [4.78, 5) is 4.05. The number of anilines is 2. The number of alkyl halides is 3. The molecule has 0 atom stereocenters. The number of rotatable bonds is 2. The smallest absolute Gasteiger partial charge is 0.368 e. The van der Waals surface area contributed by atoms with Crippen molar-refractivity contribution in [1.82, 2.24) is 0 Å². The summed E-state index contributed by atoms with van der Waals surface area (Å²) >= 11 is 0. The Hall–Kier alpha value is -2.68. The molecule has 2 aromatic carbocycles. The van der Waals surface area contributed by atoms with Gasteiger partial charge in [0.1, 0.15) is 6.07 Å². The summed E-state index contributed by atoms with van der Waals surface area (Å²) < 4.78 is 38.8. The molecule has 0 radical (unpaired) electrons. The van der Waals surface area contributed by atoms with E-state index in [0.717, 1.165) is 17.8 Å². The van der Waals surface area contributed by atoms with Gasteiger partial charge in [0.2, 0.25) is 0 Å². The van der Waals surface area contributed by atoms with Gasteiger partial charge < -0.3 is 9.80 Å². The van der Waals surface area contributed by atoms with Crippen molar-refractivity contribution in [2.24, 2.45) is 0 Å². The molecular weight excluding hydrogens is 315 g/mol. The van der Waals surface area contributed by atoms with Crippen molar-refractivity contribution in [2.45, 2.75) is 6.18 Å². The van der Waals surface area contributed by atoms with Crippen LogP contribution in [0.2, 0.25) is 0 Å². The highest BCUT2D eigenvalue weighted by Crippen LogP contribution is 2.33. The maximum atomic E-state index is 12.9. The molecule has 1 heterocycles. The summed E-state index contributed by atoms with van der Waals surface area (Å²) in [5.74, 6) is 0. The van der Waals surface area contributed by atoms with Crippen molar-refractivity contribution in [3.63, 3.8) is 0 Å². The second-order valence-electron chi connectivity index (χ2n) is 5.65. The number of halogens is 3. The lowest BCUT2D eigenvalue weighted by atomic mass is 10.1. The van der Waals surface area contributed by atoms with Gasteiger partial charge in [0.15, 0.2) is 0 Å². The average molecular weight is 331 g/mol. The van der Waals surface area contributed by atoms with Crippen LogP contribution in [0, 0.1) is 11.3 Å². The molecule has 124 valence electrons. The third kappa shape index (κ3) is 3.30. The highest BCUT2D eigenvalue weighted by molar-refractivity contribution is 5.62. The largest absolute Gasteiger partial charge is 0.416 e. The molecule has 0 unspecified atom stereocenters. The van der Waals surface area contributed by atoms with Crippen molar-refractivity contribution in [3.05, 3.63) is 59.7 Å².